The van der Waals surface area contributed by atoms with Crippen molar-refractivity contribution in [2.75, 3.05) is 13.1 Å². The molecule has 0 aromatic heterocycles. The number of benzene rings is 1. The van der Waals surface area contributed by atoms with Crippen LogP contribution in [-0.4, -0.2) is 28.9 Å². The summed E-state index contributed by atoms with van der Waals surface area (Å²) < 4.78 is 0. The van der Waals surface area contributed by atoms with Gasteiger partial charge in [0, 0.05) is 42.5 Å². The molecular formula is C12H14Cl2N2O. The second kappa shape index (κ2) is 5.71. The summed E-state index contributed by atoms with van der Waals surface area (Å²) in [6.07, 6.45) is 1.64. The fraction of sp³-hybridized carbons (Fsp3) is 0.417. The third-order valence-electron chi connectivity index (χ3n) is 2.98. The molecule has 0 aliphatic carbocycles. The highest BCUT2D eigenvalue weighted by Gasteiger charge is 2.16. The van der Waals surface area contributed by atoms with Crippen LogP contribution in [0.5, 0.6) is 0 Å². The zero-order valence-corrected chi connectivity index (χ0v) is 10.9. The van der Waals surface area contributed by atoms with E-state index in [1.54, 1.807) is 6.07 Å². The fourth-order valence-corrected chi connectivity index (χ4v) is 2.43. The van der Waals surface area contributed by atoms with Crippen LogP contribution in [0.4, 0.5) is 0 Å². The number of piperidine rings is 1. The first kappa shape index (κ1) is 12.7. The van der Waals surface area contributed by atoms with Gasteiger partial charge in [-0.2, -0.15) is 0 Å². The molecule has 0 amide bonds. The van der Waals surface area contributed by atoms with Crippen LogP contribution in [0.25, 0.3) is 0 Å². The zero-order chi connectivity index (χ0) is 12.3. The molecule has 0 unspecified atom stereocenters. The van der Waals surface area contributed by atoms with Gasteiger partial charge in [-0.05, 0) is 17.7 Å². The fourth-order valence-electron chi connectivity index (χ4n) is 1.96. The number of rotatable bonds is 2. The van der Waals surface area contributed by atoms with Crippen LogP contribution >= 0.6 is 23.2 Å². The molecule has 2 rings (SSSR count). The molecule has 1 aromatic carbocycles. The smallest absolute Gasteiger partial charge is 0.0596 e. The van der Waals surface area contributed by atoms with Gasteiger partial charge < -0.3 is 5.21 Å². The Hall–Kier alpha value is -0.770. The Morgan fingerprint density at radius 2 is 1.94 bits per heavy atom. The van der Waals surface area contributed by atoms with Gasteiger partial charge in [0.05, 0.1) is 5.71 Å². The highest BCUT2D eigenvalue weighted by Crippen LogP contribution is 2.23. The molecule has 92 valence electrons. The van der Waals surface area contributed by atoms with Gasteiger partial charge in [0.25, 0.3) is 0 Å². The molecule has 1 heterocycles. The highest BCUT2D eigenvalue weighted by atomic mass is 35.5. The van der Waals surface area contributed by atoms with Crippen LogP contribution in [0.1, 0.15) is 18.4 Å². The monoisotopic (exact) mass is 272 g/mol. The molecule has 0 atom stereocenters. The van der Waals surface area contributed by atoms with Crippen LogP contribution < -0.4 is 0 Å². The minimum atomic E-state index is 0.659. The van der Waals surface area contributed by atoms with Gasteiger partial charge in [-0.15, -0.1) is 0 Å². The SMILES string of the molecule is ON=C1CCN(Cc2ccc(Cl)cc2Cl)CC1. The summed E-state index contributed by atoms with van der Waals surface area (Å²) in [5.41, 5.74) is 1.96. The lowest BCUT2D eigenvalue weighted by Gasteiger charge is -2.27. The Morgan fingerprint density at radius 3 is 2.53 bits per heavy atom. The van der Waals surface area contributed by atoms with Crippen molar-refractivity contribution >= 4 is 28.9 Å². The van der Waals surface area contributed by atoms with Crippen molar-refractivity contribution in [2.45, 2.75) is 19.4 Å². The van der Waals surface area contributed by atoms with E-state index in [-0.39, 0.29) is 0 Å². The molecule has 1 aliphatic rings. The molecule has 1 fully saturated rings. The number of oxime groups is 1. The predicted molar refractivity (Wildman–Crippen MR) is 70.2 cm³/mol. The number of hydrogen-bond acceptors (Lipinski definition) is 3. The van der Waals surface area contributed by atoms with Crippen molar-refractivity contribution in [2.24, 2.45) is 5.16 Å². The normalized spacial score (nSPS) is 17.2. The van der Waals surface area contributed by atoms with Crippen LogP contribution in [0.3, 0.4) is 0 Å². The van der Waals surface area contributed by atoms with Crippen LogP contribution in [-0.2, 0) is 6.54 Å². The maximum absolute atomic E-state index is 8.68. The van der Waals surface area contributed by atoms with Gasteiger partial charge >= 0.3 is 0 Å². The number of hydrogen-bond donors (Lipinski definition) is 1. The molecule has 0 bridgehead atoms. The molecule has 1 aromatic rings. The Kier molecular flexibility index (Phi) is 4.26. The maximum atomic E-state index is 8.68. The second-order valence-corrected chi connectivity index (χ2v) is 5.02. The van der Waals surface area contributed by atoms with E-state index in [4.69, 9.17) is 28.4 Å². The topological polar surface area (TPSA) is 35.8 Å². The van der Waals surface area contributed by atoms with E-state index in [2.05, 4.69) is 10.1 Å². The number of likely N-dealkylation sites (tertiary alicyclic amines) is 1. The van der Waals surface area contributed by atoms with Crippen molar-refractivity contribution in [1.29, 1.82) is 0 Å². The van der Waals surface area contributed by atoms with Gasteiger partial charge in [0.1, 0.15) is 0 Å². The summed E-state index contributed by atoms with van der Waals surface area (Å²) in [7, 11) is 0. The van der Waals surface area contributed by atoms with Gasteiger partial charge in [-0.3, -0.25) is 4.90 Å². The van der Waals surface area contributed by atoms with Crippen molar-refractivity contribution in [3.8, 4) is 0 Å². The molecule has 1 saturated heterocycles. The maximum Gasteiger partial charge on any atom is 0.0596 e. The third kappa shape index (κ3) is 3.35. The summed E-state index contributed by atoms with van der Waals surface area (Å²) in [5.74, 6) is 0. The van der Waals surface area contributed by atoms with Gasteiger partial charge in [-0.25, -0.2) is 0 Å². The van der Waals surface area contributed by atoms with E-state index in [0.29, 0.717) is 10.0 Å². The molecule has 5 heteroatoms. The minimum Gasteiger partial charge on any atom is -0.411 e. The molecule has 1 N–H and O–H groups in total. The van der Waals surface area contributed by atoms with Gasteiger partial charge in [0.15, 0.2) is 0 Å². The molecule has 0 radical (unpaired) electrons. The Labute approximate surface area is 111 Å². The van der Waals surface area contributed by atoms with E-state index in [0.717, 1.165) is 43.8 Å². The average Bonchev–Trinajstić information content (AvgIpc) is 2.34. The van der Waals surface area contributed by atoms with E-state index in [1.807, 2.05) is 12.1 Å². The van der Waals surface area contributed by atoms with Crippen LogP contribution in [0.2, 0.25) is 10.0 Å². The summed E-state index contributed by atoms with van der Waals surface area (Å²) in [5, 5.41) is 13.3. The molecule has 17 heavy (non-hydrogen) atoms. The summed E-state index contributed by atoms with van der Waals surface area (Å²) >= 11 is 12.0. The first-order valence-electron chi connectivity index (χ1n) is 5.55. The van der Waals surface area contributed by atoms with E-state index >= 15 is 0 Å². The Morgan fingerprint density at radius 1 is 1.24 bits per heavy atom. The average molecular weight is 273 g/mol. The van der Waals surface area contributed by atoms with Crippen molar-refractivity contribution < 1.29 is 5.21 Å². The Bertz CT molecular complexity index is 425. The highest BCUT2D eigenvalue weighted by molar-refractivity contribution is 6.35. The molecule has 3 nitrogen and oxygen atoms in total. The van der Waals surface area contributed by atoms with Gasteiger partial charge in [0.2, 0.25) is 0 Å². The standard InChI is InChI=1S/C12H14Cl2N2O/c13-10-2-1-9(12(14)7-10)8-16-5-3-11(15-17)4-6-16/h1-2,7,17H,3-6,8H2. The van der Waals surface area contributed by atoms with Crippen molar-refractivity contribution in [1.82, 2.24) is 4.90 Å². The van der Waals surface area contributed by atoms with E-state index < -0.39 is 0 Å². The molecular weight excluding hydrogens is 259 g/mol. The van der Waals surface area contributed by atoms with Gasteiger partial charge in [-0.1, -0.05) is 34.4 Å². The van der Waals surface area contributed by atoms with Crippen molar-refractivity contribution in [3.05, 3.63) is 33.8 Å². The number of halogens is 2. The molecule has 0 saturated carbocycles. The largest absolute Gasteiger partial charge is 0.411 e. The lowest BCUT2D eigenvalue weighted by molar-refractivity contribution is 0.256. The zero-order valence-electron chi connectivity index (χ0n) is 9.37. The second-order valence-electron chi connectivity index (χ2n) is 4.18. The summed E-state index contributed by atoms with van der Waals surface area (Å²) in [4.78, 5) is 2.30. The van der Waals surface area contributed by atoms with E-state index in [1.165, 1.54) is 0 Å². The van der Waals surface area contributed by atoms with Crippen LogP contribution in [0, 0.1) is 0 Å². The quantitative estimate of drug-likeness (QED) is 0.662. The summed E-state index contributed by atoms with van der Waals surface area (Å²) in [6, 6.07) is 5.58. The lowest BCUT2D eigenvalue weighted by Crippen LogP contribution is -2.33. The molecule has 1 aliphatic heterocycles. The van der Waals surface area contributed by atoms with Crippen molar-refractivity contribution in [3.63, 3.8) is 0 Å². The first-order valence-corrected chi connectivity index (χ1v) is 6.30. The third-order valence-corrected chi connectivity index (χ3v) is 3.57. The summed E-state index contributed by atoms with van der Waals surface area (Å²) in [6.45, 7) is 2.62. The first-order chi connectivity index (χ1) is 8.19. The minimum absolute atomic E-state index is 0.659. The lowest BCUT2D eigenvalue weighted by atomic mass is 10.1. The van der Waals surface area contributed by atoms with E-state index in [9.17, 15) is 0 Å². The number of nitrogens with zero attached hydrogens (tertiary/aromatic N) is 2. The molecule has 0 spiro atoms. The van der Waals surface area contributed by atoms with Crippen LogP contribution in [0.15, 0.2) is 23.4 Å². The predicted octanol–water partition coefficient (Wildman–Crippen LogP) is 3.42. The Balaban J connectivity index is 1.98.